The molecule has 3 fully saturated rings. The van der Waals surface area contributed by atoms with E-state index in [1.54, 1.807) is 37.4 Å². The first-order chi connectivity index (χ1) is 33.8. The lowest BCUT2D eigenvalue weighted by Gasteiger charge is -2.37. The Morgan fingerprint density at radius 3 is 2.52 bits per heavy atom. The zero-order valence-electron chi connectivity index (χ0n) is 42.8. The van der Waals surface area contributed by atoms with E-state index in [0.29, 0.717) is 56.5 Å². The number of cyclic esters (lactones) is 1. The number of amides is 4. The van der Waals surface area contributed by atoms with Gasteiger partial charge in [-0.1, -0.05) is 45.7 Å². The van der Waals surface area contributed by atoms with E-state index >= 15 is 0 Å². The van der Waals surface area contributed by atoms with E-state index in [2.05, 4.69) is 66.1 Å². The Balaban J connectivity index is 1.13. The van der Waals surface area contributed by atoms with Gasteiger partial charge < -0.3 is 34.3 Å². The summed E-state index contributed by atoms with van der Waals surface area (Å²) in [5.41, 5.74) is 9.27. The minimum Gasteiger partial charge on any atom is -0.508 e. The Hall–Kier alpha value is -6.28. The van der Waals surface area contributed by atoms with Gasteiger partial charge in [0.15, 0.2) is 0 Å². The number of benzene rings is 2. The van der Waals surface area contributed by atoms with Crippen molar-refractivity contribution >= 4 is 40.5 Å². The molecule has 3 aliphatic heterocycles. The van der Waals surface area contributed by atoms with Crippen LogP contribution in [0.5, 0.6) is 5.75 Å². The van der Waals surface area contributed by atoms with E-state index in [0.717, 1.165) is 51.8 Å². The number of esters is 1. The maximum absolute atomic E-state index is 14.8. The van der Waals surface area contributed by atoms with Gasteiger partial charge in [0.2, 0.25) is 11.8 Å². The molecule has 0 spiro atoms. The molecule has 4 aromatic rings. The number of aromatic nitrogens is 2. The smallest absolute Gasteiger partial charge is 0.324 e. The van der Waals surface area contributed by atoms with Crippen LogP contribution < -0.4 is 10.7 Å². The fourth-order valence-corrected chi connectivity index (χ4v) is 10.7. The Labute approximate surface area is 417 Å². The number of methoxy groups -OCH3 is 1. The van der Waals surface area contributed by atoms with Crippen LogP contribution in [0.1, 0.15) is 83.5 Å². The number of pyridine rings is 1. The van der Waals surface area contributed by atoms with Gasteiger partial charge in [-0.05, 0) is 130 Å². The predicted molar refractivity (Wildman–Crippen MR) is 270 cm³/mol. The van der Waals surface area contributed by atoms with Crippen LogP contribution in [0.3, 0.4) is 0 Å². The Morgan fingerprint density at radius 2 is 1.82 bits per heavy atom. The molecule has 1 aliphatic carbocycles. The standard InChI is InChI=1S/C55H70N8O8/c1-10-62-46-16-15-36-29-41(46)42(49(62)40-13-11-22-56-45(40)32-70-9)30-54(4,5)33-71-53(69)43-14-12-23-63(58-43)52(68)44(27-35-25-38(36)28-39(64)26-35)57-50(66)48(34(2)3)60(8)51(67)37-18-24-61(31-37)47(65)17-19-55(20-21-55)59(6)7/h11,13,15-16,22,25-26,28-29,34,37,43-44,48,58,64H,10,12,14,18,20-21,23-24,27,30-33H2,1-9H3,(H,57,66)/t37-,43-,44-,48-/m0/s1. The predicted octanol–water partition coefficient (Wildman–Crippen LogP) is 5.32. The molecule has 4 amide bonds. The third-order valence-corrected chi connectivity index (χ3v) is 14.7. The molecule has 1 saturated carbocycles. The summed E-state index contributed by atoms with van der Waals surface area (Å²) < 4.78 is 14.0. The van der Waals surface area contributed by atoms with Gasteiger partial charge >= 0.3 is 5.97 Å². The highest BCUT2D eigenvalue weighted by Gasteiger charge is 2.44. The number of rotatable bonds is 10. The summed E-state index contributed by atoms with van der Waals surface area (Å²) in [7, 11) is 7.16. The van der Waals surface area contributed by atoms with Crippen molar-refractivity contribution < 1.29 is 38.6 Å². The van der Waals surface area contributed by atoms with Crippen molar-refractivity contribution in [2.45, 2.75) is 116 Å². The average Bonchev–Trinajstić information content (AvgIpc) is 3.88. The number of hydrogen-bond acceptors (Lipinski definition) is 11. The topological polar surface area (TPSA) is 179 Å². The summed E-state index contributed by atoms with van der Waals surface area (Å²) in [6.45, 7) is 11.9. The molecule has 3 N–H and O–H groups in total. The molecule has 0 radical (unpaired) electrons. The lowest BCUT2D eigenvalue weighted by atomic mass is 9.84. The van der Waals surface area contributed by atoms with Crippen LogP contribution in [0.15, 0.2) is 54.7 Å². The SMILES string of the molecule is CCn1c(-c2cccnc2COC)c2c3cc(ccc31)-c1cc(O)cc(c1)C[C@H](NC(=O)[C@H](C(C)C)N(C)C(=O)[C@H]1CCN(C(=O)C#CC3(N(C)C)CC3)C1)C(=O)N1CCC[C@H](N1)C(=O)OCC(C)(C)C2. The number of carbonyl (C=O) groups excluding carboxylic acids is 5. The second-order valence-corrected chi connectivity index (χ2v) is 21.2. The van der Waals surface area contributed by atoms with Gasteiger partial charge in [0.05, 0.1) is 36.1 Å². The average molecular weight is 971 g/mol. The summed E-state index contributed by atoms with van der Waals surface area (Å²) >= 11 is 0. The van der Waals surface area contributed by atoms with Crippen molar-refractivity contribution in [3.8, 4) is 40.0 Å². The lowest BCUT2D eigenvalue weighted by Crippen LogP contribution is -2.62. The molecule has 71 heavy (non-hydrogen) atoms. The Kier molecular flexibility index (Phi) is 15.0. The number of phenolic OH excluding ortho intramolecular Hbond substituents is 1. The van der Waals surface area contributed by atoms with Crippen LogP contribution in [0.2, 0.25) is 0 Å². The third-order valence-electron chi connectivity index (χ3n) is 14.7. The molecule has 0 unspecified atom stereocenters. The highest BCUT2D eigenvalue weighted by atomic mass is 16.5. The zero-order chi connectivity index (χ0) is 50.9. The number of nitrogens with one attached hydrogen (secondary N) is 2. The first-order valence-electron chi connectivity index (χ1n) is 25.1. The van der Waals surface area contributed by atoms with Crippen LogP contribution in [0, 0.1) is 29.1 Å². The molecule has 2 aromatic heterocycles. The number of aryl methyl sites for hydroxylation is 1. The summed E-state index contributed by atoms with van der Waals surface area (Å²) in [6, 6.07) is 12.5. The van der Waals surface area contributed by atoms with Crippen molar-refractivity contribution in [2.75, 3.05) is 54.5 Å². The number of fused-ring (bicyclic) bond motifs is 6. The van der Waals surface area contributed by atoms with Gasteiger partial charge in [0, 0.05) is 74.8 Å². The first-order valence-corrected chi connectivity index (χ1v) is 25.1. The minimum atomic E-state index is -1.17. The van der Waals surface area contributed by atoms with Crippen LogP contribution in [-0.2, 0) is 59.4 Å². The van der Waals surface area contributed by atoms with Crippen molar-refractivity contribution in [3.63, 3.8) is 0 Å². The minimum absolute atomic E-state index is 0.0126. The first kappa shape index (κ1) is 51.1. The summed E-state index contributed by atoms with van der Waals surface area (Å²) in [4.78, 5) is 80.6. The van der Waals surface area contributed by atoms with Crippen molar-refractivity contribution in [2.24, 2.45) is 17.3 Å². The zero-order valence-corrected chi connectivity index (χ0v) is 42.8. The van der Waals surface area contributed by atoms with Crippen LogP contribution in [-0.4, -0.2) is 142 Å². The fraction of sp³-hybridized carbons (Fsp3) is 0.527. The number of phenols is 1. The lowest BCUT2D eigenvalue weighted by molar-refractivity contribution is -0.155. The molecule has 16 nitrogen and oxygen atoms in total. The van der Waals surface area contributed by atoms with Crippen LogP contribution >= 0.6 is 0 Å². The van der Waals surface area contributed by atoms with E-state index in [9.17, 15) is 29.1 Å². The molecule has 16 heteroatoms. The normalized spacial score (nSPS) is 21.3. The Bertz CT molecular complexity index is 2770. The molecule has 8 rings (SSSR count). The van der Waals surface area contributed by atoms with Gasteiger partial charge in [-0.25, -0.2) is 5.43 Å². The van der Waals surface area contributed by atoms with E-state index in [-0.39, 0.29) is 55.1 Å². The number of likely N-dealkylation sites (N-methyl/N-ethyl adjacent to an activating group) is 1. The van der Waals surface area contributed by atoms with Crippen LogP contribution in [0.4, 0.5) is 0 Å². The second kappa shape index (κ2) is 20.8. The number of aromatic hydroxyl groups is 1. The maximum atomic E-state index is 14.8. The highest BCUT2D eigenvalue weighted by Crippen LogP contribution is 2.42. The summed E-state index contributed by atoms with van der Waals surface area (Å²) in [5.74, 6) is 2.98. The maximum Gasteiger partial charge on any atom is 0.324 e. The number of likely N-dealkylation sites (tertiary alicyclic amines) is 1. The molecule has 4 atom stereocenters. The number of hydrogen-bond donors (Lipinski definition) is 3. The monoisotopic (exact) mass is 971 g/mol. The molecule has 4 aliphatic rings. The van der Waals surface area contributed by atoms with E-state index in [4.69, 9.17) is 14.5 Å². The van der Waals surface area contributed by atoms with E-state index in [1.807, 2.05) is 51.0 Å². The van der Waals surface area contributed by atoms with Crippen molar-refractivity contribution in [1.29, 1.82) is 0 Å². The van der Waals surface area contributed by atoms with E-state index in [1.165, 1.54) is 9.91 Å². The number of hydrazine groups is 1. The Morgan fingerprint density at radius 1 is 1.04 bits per heavy atom. The summed E-state index contributed by atoms with van der Waals surface area (Å²) in [5, 5.41) is 16.8. The second-order valence-electron chi connectivity index (χ2n) is 21.2. The number of carbonyl (C=O) groups is 5. The molecule has 6 bridgehead atoms. The van der Waals surface area contributed by atoms with Gasteiger partial charge in [0.25, 0.3) is 11.8 Å². The third kappa shape index (κ3) is 10.8. The highest BCUT2D eigenvalue weighted by molar-refractivity contribution is 5.97. The van der Waals surface area contributed by atoms with Crippen LogP contribution in [0.25, 0.3) is 33.3 Å². The number of nitrogens with zero attached hydrogens (tertiary/aromatic N) is 6. The summed E-state index contributed by atoms with van der Waals surface area (Å²) in [6.07, 6.45) is 5.49. The quantitative estimate of drug-likeness (QED) is 0.139. The van der Waals surface area contributed by atoms with Gasteiger partial charge in [-0.2, -0.15) is 0 Å². The molecule has 378 valence electrons. The molecule has 2 saturated heterocycles. The van der Waals surface area contributed by atoms with Crippen molar-refractivity contribution in [3.05, 3.63) is 71.5 Å². The largest absolute Gasteiger partial charge is 0.508 e. The molecule has 2 aromatic carbocycles. The molecule has 5 heterocycles. The van der Waals surface area contributed by atoms with E-state index < -0.39 is 47.2 Å². The number of ether oxygens (including phenoxy) is 2. The van der Waals surface area contributed by atoms with Crippen molar-refractivity contribution in [1.82, 2.24) is 40.0 Å². The van der Waals surface area contributed by atoms with Gasteiger partial charge in [-0.3, -0.25) is 38.9 Å². The fourth-order valence-electron chi connectivity index (χ4n) is 10.7. The van der Waals surface area contributed by atoms with Gasteiger partial charge in [0.1, 0.15) is 23.9 Å². The van der Waals surface area contributed by atoms with Gasteiger partial charge in [-0.15, -0.1) is 0 Å². The molecular formula is C55H70N8O8. The molecular weight excluding hydrogens is 901 g/mol.